The van der Waals surface area contributed by atoms with E-state index in [9.17, 15) is 4.79 Å². The van der Waals surface area contributed by atoms with Crippen molar-refractivity contribution in [3.8, 4) is 0 Å². The number of nitrogens with zero attached hydrogens (tertiary/aromatic N) is 4. The van der Waals surface area contributed by atoms with Gasteiger partial charge < -0.3 is 19.4 Å². The maximum absolute atomic E-state index is 13.0. The summed E-state index contributed by atoms with van der Waals surface area (Å²) in [6.07, 6.45) is 5.61. The number of piperidine rings is 1. The van der Waals surface area contributed by atoms with Gasteiger partial charge in [-0.2, -0.15) is 0 Å². The Morgan fingerprint density at radius 3 is 2.54 bits per heavy atom. The molecular weight excluding hydrogens is 401 g/mol. The Morgan fingerprint density at radius 2 is 1.89 bits per heavy atom. The standard InChI is InChI=1S/C19H27N5O2.2ClH/c1-26-19(5-7-20-8-6-19)18(25)23-12-10-22(11-13-23)14-16-15-24-9-3-2-4-17(24)21-16;;/h2-4,9,15,20H,5-8,10-14H2,1H3;2*1H. The van der Waals surface area contributed by atoms with Crippen LogP contribution in [-0.2, 0) is 16.1 Å². The summed E-state index contributed by atoms with van der Waals surface area (Å²) in [5, 5.41) is 3.31. The SMILES string of the molecule is COC1(C(=O)N2CCN(Cc3cn4ccccc4n3)CC2)CCNCC1.Cl.Cl. The van der Waals surface area contributed by atoms with Gasteiger partial charge in [-0.1, -0.05) is 6.07 Å². The Labute approximate surface area is 178 Å². The Balaban J connectivity index is 0.00000140. The van der Waals surface area contributed by atoms with Crippen LogP contribution in [0, 0.1) is 0 Å². The number of hydrogen-bond donors (Lipinski definition) is 1. The van der Waals surface area contributed by atoms with Crippen molar-refractivity contribution in [1.82, 2.24) is 24.5 Å². The van der Waals surface area contributed by atoms with E-state index in [-0.39, 0.29) is 30.7 Å². The maximum atomic E-state index is 13.0. The van der Waals surface area contributed by atoms with Gasteiger partial charge in [-0.05, 0) is 38.1 Å². The first-order valence-electron chi connectivity index (χ1n) is 9.40. The highest BCUT2D eigenvalue weighted by Gasteiger charge is 2.42. The molecule has 1 amide bonds. The predicted molar refractivity (Wildman–Crippen MR) is 113 cm³/mol. The molecule has 0 aromatic carbocycles. The van der Waals surface area contributed by atoms with E-state index in [4.69, 9.17) is 4.74 Å². The van der Waals surface area contributed by atoms with Crippen LogP contribution in [0.25, 0.3) is 5.65 Å². The lowest BCUT2D eigenvalue weighted by atomic mass is 9.90. The number of carbonyl (C=O) groups excluding carboxylic acids is 1. The third-order valence-electron chi connectivity index (χ3n) is 5.65. The fraction of sp³-hybridized carbons (Fsp3) is 0.579. The van der Waals surface area contributed by atoms with Gasteiger partial charge in [-0.25, -0.2) is 4.98 Å². The molecule has 2 aromatic heterocycles. The van der Waals surface area contributed by atoms with Crippen molar-refractivity contribution in [1.29, 1.82) is 0 Å². The van der Waals surface area contributed by atoms with Crippen LogP contribution >= 0.6 is 24.8 Å². The zero-order chi connectivity index (χ0) is 18.0. The first-order valence-corrected chi connectivity index (χ1v) is 9.40. The van der Waals surface area contributed by atoms with E-state index in [0.717, 1.165) is 70.0 Å². The quantitative estimate of drug-likeness (QED) is 0.799. The average molecular weight is 430 g/mol. The van der Waals surface area contributed by atoms with E-state index in [1.807, 2.05) is 29.3 Å². The number of rotatable bonds is 4. The molecule has 9 heteroatoms. The minimum atomic E-state index is -0.630. The Kier molecular flexibility index (Phi) is 8.09. The number of nitrogens with one attached hydrogen (secondary N) is 1. The molecule has 156 valence electrons. The van der Waals surface area contributed by atoms with E-state index < -0.39 is 5.60 Å². The number of aromatic nitrogens is 2. The van der Waals surface area contributed by atoms with Crippen LogP contribution in [-0.4, -0.2) is 77.1 Å². The molecule has 2 fully saturated rings. The molecule has 1 N–H and O–H groups in total. The molecule has 4 heterocycles. The van der Waals surface area contributed by atoms with Gasteiger partial charge in [0.25, 0.3) is 5.91 Å². The molecule has 0 radical (unpaired) electrons. The Bertz CT molecular complexity index is 738. The lowest BCUT2D eigenvalue weighted by Gasteiger charge is -2.42. The van der Waals surface area contributed by atoms with Gasteiger partial charge in [0.15, 0.2) is 0 Å². The van der Waals surface area contributed by atoms with Crippen molar-refractivity contribution in [3.63, 3.8) is 0 Å². The van der Waals surface area contributed by atoms with E-state index in [1.165, 1.54) is 0 Å². The molecule has 2 aliphatic rings. The predicted octanol–water partition coefficient (Wildman–Crippen LogP) is 1.59. The molecule has 2 aromatic rings. The fourth-order valence-corrected chi connectivity index (χ4v) is 4.03. The summed E-state index contributed by atoms with van der Waals surface area (Å²) in [5.41, 5.74) is 1.42. The largest absolute Gasteiger partial charge is 0.368 e. The minimum Gasteiger partial charge on any atom is -0.368 e. The maximum Gasteiger partial charge on any atom is 0.254 e. The molecule has 0 unspecified atom stereocenters. The van der Waals surface area contributed by atoms with Crippen molar-refractivity contribution in [2.45, 2.75) is 25.0 Å². The number of hydrogen-bond acceptors (Lipinski definition) is 5. The van der Waals surface area contributed by atoms with Crippen LogP contribution in [0.4, 0.5) is 0 Å². The van der Waals surface area contributed by atoms with Crippen LogP contribution in [0.15, 0.2) is 30.6 Å². The van der Waals surface area contributed by atoms with E-state index >= 15 is 0 Å². The number of imidazole rings is 1. The van der Waals surface area contributed by atoms with Gasteiger partial charge in [0, 0.05) is 52.2 Å². The zero-order valence-corrected chi connectivity index (χ0v) is 17.8. The molecule has 2 saturated heterocycles. The van der Waals surface area contributed by atoms with Crippen LogP contribution in [0.2, 0.25) is 0 Å². The number of fused-ring (bicyclic) bond motifs is 1. The van der Waals surface area contributed by atoms with Crippen molar-refractivity contribution < 1.29 is 9.53 Å². The summed E-state index contributed by atoms with van der Waals surface area (Å²) in [5.74, 6) is 0.161. The van der Waals surface area contributed by atoms with Crippen molar-refractivity contribution in [3.05, 3.63) is 36.3 Å². The number of carbonyl (C=O) groups is 1. The molecule has 4 rings (SSSR count). The molecule has 0 aliphatic carbocycles. The number of halogens is 2. The average Bonchev–Trinajstić information content (AvgIpc) is 3.11. The summed E-state index contributed by atoms with van der Waals surface area (Å²) in [7, 11) is 1.67. The highest BCUT2D eigenvalue weighted by atomic mass is 35.5. The third kappa shape index (κ3) is 4.60. The van der Waals surface area contributed by atoms with Crippen molar-refractivity contribution in [2.24, 2.45) is 0 Å². The molecule has 2 aliphatic heterocycles. The lowest BCUT2D eigenvalue weighted by Crippen LogP contribution is -2.59. The van der Waals surface area contributed by atoms with E-state index in [2.05, 4.69) is 25.8 Å². The van der Waals surface area contributed by atoms with Gasteiger partial charge in [0.2, 0.25) is 0 Å². The minimum absolute atomic E-state index is 0. The smallest absolute Gasteiger partial charge is 0.254 e. The molecule has 0 spiro atoms. The van der Waals surface area contributed by atoms with Gasteiger partial charge in [0.05, 0.1) is 5.69 Å². The topological polar surface area (TPSA) is 62.1 Å². The number of piperazine rings is 1. The zero-order valence-electron chi connectivity index (χ0n) is 16.2. The third-order valence-corrected chi connectivity index (χ3v) is 5.65. The summed E-state index contributed by atoms with van der Waals surface area (Å²) in [4.78, 5) is 22.0. The van der Waals surface area contributed by atoms with E-state index in [1.54, 1.807) is 7.11 Å². The molecular formula is C19H29Cl2N5O2. The number of pyridine rings is 1. The molecule has 0 saturated carbocycles. The monoisotopic (exact) mass is 429 g/mol. The summed E-state index contributed by atoms with van der Waals surface area (Å²) >= 11 is 0. The van der Waals surface area contributed by atoms with Gasteiger partial charge in [-0.3, -0.25) is 9.69 Å². The van der Waals surface area contributed by atoms with Gasteiger partial charge >= 0.3 is 0 Å². The second-order valence-electron chi connectivity index (χ2n) is 7.22. The summed E-state index contributed by atoms with van der Waals surface area (Å²) in [6, 6.07) is 6.03. The lowest BCUT2D eigenvalue weighted by molar-refractivity contribution is -0.160. The van der Waals surface area contributed by atoms with Crippen LogP contribution in [0.5, 0.6) is 0 Å². The molecule has 0 atom stereocenters. The molecule has 0 bridgehead atoms. The second kappa shape index (κ2) is 9.89. The van der Waals surface area contributed by atoms with Crippen molar-refractivity contribution in [2.75, 3.05) is 46.4 Å². The number of amides is 1. The second-order valence-corrected chi connectivity index (χ2v) is 7.22. The van der Waals surface area contributed by atoms with Gasteiger partial charge in [0.1, 0.15) is 11.2 Å². The summed E-state index contributed by atoms with van der Waals surface area (Å²) in [6.45, 7) is 5.76. The Hall–Kier alpha value is -1.38. The van der Waals surface area contributed by atoms with Gasteiger partial charge in [-0.15, -0.1) is 24.8 Å². The Morgan fingerprint density at radius 1 is 1.18 bits per heavy atom. The van der Waals surface area contributed by atoms with E-state index in [0.29, 0.717) is 0 Å². The summed E-state index contributed by atoms with van der Waals surface area (Å²) < 4.78 is 7.74. The normalized spacial score (nSPS) is 19.7. The van der Waals surface area contributed by atoms with Crippen LogP contribution in [0.1, 0.15) is 18.5 Å². The number of ether oxygens (including phenoxy) is 1. The van der Waals surface area contributed by atoms with Crippen molar-refractivity contribution >= 4 is 36.4 Å². The highest BCUT2D eigenvalue weighted by Crippen LogP contribution is 2.26. The highest BCUT2D eigenvalue weighted by molar-refractivity contribution is 5.86. The first-order chi connectivity index (χ1) is 12.7. The van der Waals surface area contributed by atoms with Crippen LogP contribution < -0.4 is 5.32 Å². The number of methoxy groups -OCH3 is 1. The van der Waals surface area contributed by atoms with Crippen LogP contribution in [0.3, 0.4) is 0 Å². The molecule has 7 nitrogen and oxygen atoms in total. The first kappa shape index (κ1) is 22.9. The molecule has 28 heavy (non-hydrogen) atoms. The fourth-order valence-electron chi connectivity index (χ4n) is 4.03.